The second-order valence-electron chi connectivity index (χ2n) is 6.15. The van der Waals surface area contributed by atoms with E-state index in [1.807, 2.05) is 6.92 Å². The number of fused-ring (bicyclic) bond motifs is 1. The monoisotopic (exact) mass is 362 g/mol. The van der Waals surface area contributed by atoms with Crippen molar-refractivity contribution in [3.63, 3.8) is 0 Å². The van der Waals surface area contributed by atoms with Crippen LogP contribution in [0.1, 0.15) is 47.1 Å². The minimum Gasteiger partial charge on any atom is -0.461 e. The van der Waals surface area contributed by atoms with Gasteiger partial charge in [-0.2, -0.15) is 5.10 Å². The lowest BCUT2D eigenvalue weighted by Gasteiger charge is -2.22. The van der Waals surface area contributed by atoms with Gasteiger partial charge in [0.1, 0.15) is 5.82 Å². The molecule has 0 spiro atoms. The summed E-state index contributed by atoms with van der Waals surface area (Å²) < 4.78 is 20.0. The zero-order chi connectivity index (χ0) is 18.8. The maximum absolute atomic E-state index is 13.4. The van der Waals surface area contributed by atoms with Crippen LogP contribution in [0.25, 0.3) is 0 Å². The van der Waals surface area contributed by atoms with Gasteiger partial charge in [0, 0.05) is 30.3 Å². The van der Waals surface area contributed by atoms with Crippen molar-refractivity contribution in [2.24, 2.45) is 0 Å². The quantitative estimate of drug-likeness (QED) is 0.498. The predicted molar refractivity (Wildman–Crippen MR) is 90.5 cm³/mol. The maximum atomic E-state index is 13.4. The molecule has 0 aliphatic carbocycles. The van der Waals surface area contributed by atoms with Gasteiger partial charge in [0.05, 0.1) is 29.7 Å². The Kier molecular flexibility index (Phi) is 4.99. The third-order valence-electron chi connectivity index (χ3n) is 4.35. The lowest BCUT2D eigenvalue weighted by Crippen LogP contribution is -2.29. The summed E-state index contributed by atoms with van der Waals surface area (Å²) in [5.74, 6) is -1.13. The van der Waals surface area contributed by atoms with Gasteiger partial charge in [-0.05, 0) is 19.1 Å². The van der Waals surface area contributed by atoms with Crippen LogP contribution < -0.4 is 5.32 Å². The highest BCUT2D eigenvalue weighted by Crippen LogP contribution is 2.29. The molecule has 2 aromatic rings. The first-order valence-corrected chi connectivity index (χ1v) is 8.32. The van der Waals surface area contributed by atoms with Crippen molar-refractivity contribution in [3.05, 3.63) is 56.6 Å². The highest BCUT2D eigenvalue weighted by atomic mass is 19.1. The van der Waals surface area contributed by atoms with Gasteiger partial charge < -0.3 is 10.1 Å². The highest BCUT2D eigenvalue weighted by molar-refractivity contribution is 5.89. The topological polar surface area (TPSA) is 99.3 Å². The van der Waals surface area contributed by atoms with E-state index in [0.717, 1.165) is 17.3 Å². The molecule has 8 nitrogen and oxygen atoms in total. The van der Waals surface area contributed by atoms with Crippen molar-refractivity contribution >= 4 is 11.7 Å². The van der Waals surface area contributed by atoms with Crippen molar-refractivity contribution < 1.29 is 18.8 Å². The van der Waals surface area contributed by atoms with E-state index < -0.39 is 16.7 Å². The van der Waals surface area contributed by atoms with E-state index in [1.54, 1.807) is 11.6 Å². The van der Waals surface area contributed by atoms with Crippen LogP contribution in [0, 0.1) is 15.9 Å². The first kappa shape index (κ1) is 18.0. The van der Waals surface area contributed by atoms with E-state index in [0.29, 0.717) is 18.7 Å². The maximum Gasteiger partial charge on any atom is 0.359 e. The second kappa shape index (κ2) is 7.20. The summed E-state index contributed by atoms with van der Waals surface area (Å²) in [5.41, 5.74) is 1.81. The fourth-order valence-corrected chi connectivity index (χ4v) is 3.23. The first-order valence-electron chi connectivity index (χ1n) is 8.32. The number of esters is 1. The molecule has 1 unspecified atom stereocenters. The smallest absolute Gasteiger partial charge is 0.359 e. The Bertz CT molecular complexity index is 865. The van der Waals surface area contributed by atoms with Gasteiger partial charge in [-0.1, -0.05) is 6.92 Å². The van der Waals surface area contributed by atoms with Gasteiger partial charge in [0.2, 0.25) is 0 Å². The molecule has 0 bridgehead atoms. The molecule has 3 rings (SSSR count). The van der Waals surface area contributed by atoms with Gasteiger partial charge in [-0.25, -0.2) is 9.18 Å². The minimum absolute atomic E-state index is 0.0638. The van der Waals surface area contributed by atoms with Crippen molar-refractivity contribution in [2.45, 2.75) is 32.9 Å². The summed E-state index contributed by atoms with van der Waals surface area (Å²) in [6.07, 6.45) is 0. The Morgan fingerprint density at radius 1 is 1.54 bits per heavy atom. The molecular formula is C17H19FN4O4. The summed E-state index contributed by atoms with van der Waals surface area (Å²) in [6.45, 7) is 5.17. The molecule has 138 valence electrons. The molecular weight excluding hydrogens is 343 g/mol. The number of rotatable bonds is 5. The molecule has 26 heavy (non-hydrogen) atoms. The summed E-state index contributed by atoms with van der Waals surface area (Å²) in [5, 5.41) is 18.8. The number of carbonyl (C=O) groups excluding carboxylic acids is 1. The Hall–Kier alpha value is -2.81. The number of carbonyl (C=O) groups is 1. The standard InChI is InChI=1S/C17H19FN4O4/c1-3-26-17(23)15-13-8-19-7-10(2)16(13)21(20-15)9-11-4-5-12(18)6-14(11)22(24)25/h4-6,10,19H,3,7-9H2,1-2H3. The number of hydrogen-bond acceptors (Lipinski definition) is 6. The molecule has 1 atom stereocenters. The molecule has 1 aliphatic rings. The van der Waals surface area contributed by atoms with Crippen LogP contribution >= 0.6 is 0 Å². The van der Waals surface area contributed by atoms with Crippen molar-refractivity contribution in [1.82, 2.24) is 15.1 Å². The van der Waals surface area contributed by atoms with Gasteiger partial charge in [0.25, 0.3) is 5.69 Å². The van der Waals surface area contributed by atoms with Crippen LogP contribution in [0.15, 0.2) is 18.2 Å². The molecule has 0 radical (unpaired) electrons. The number of ether oxygens (including phenoxy) is 1. The number of nitro benzene ring substituents is 1. The largest absolute Gasteiger partial charge is 0.461 e. The van der Waals surface area contributed by atoms with Gasteiger partial charge in [-0.3, -0.25) is 14.8 Å². The number of nitro groups is 1. The number of hydrogen-bond donors (Lipinski definition) is 1. The molecule has 2 heterocycles. The lowest BCUT2D eigenvalue weighted by molar-refractivity contribution is -0.385. The summed E-state index contributed by atoms with van der Waals surface area (Å²) in [6, 6.07) is 3.44. The molecule has 0 saturated heterocycles. The average molecular weight is 362 g/mol. The molecule has 0 amide bonds. The van der Waals surface area contributed by atoms with E-state index in [-0.39, 0.29) is 30.5 Å². The second-order valence-corrected chi connectivity index (χ2v) is 6.15. The Balaban J connectivity index is 2.06. The van der Waals surface area contributed by atoms with Gasteiger partial charge >= 0.3 is 5.97 Å². The van der Waals surface area contributed by atoms with Crippen LogP contribution in [0.3, 0.4) is 0 Å². The Morgan fingerprint density at radius 3 is 3.00 bits per heavy atom. The van der Waals surface area contributed by atoms with Gasteiger partial charge in [0.15, 0.2) is 5.69 Å². The Morgan fingerprint density at radius 2 is 2.31 bits per heavy atom. The molecule has 1 aromatic heterocycles. The van der Waals surface area contributed by atoms with Crippen LogP contribution in [-0.2, 0) is 17.8 Å². The third-order valence-corrected chi connectivity index (χ3v) is 4.35. The molecule has 0 saturated carbocycles. The number of benzene rings is 1. The minimum atomic E-state index is -0.673. The molecule has 0 fully saturated rings. The van der Waals surface area contributed by atoms with E-state index >= 15 is 0 Å². The SMILES string of the molecule is CCOC(=O)c1nn(Cc2ccc(F)cc2[N+](=O)[O-])c2c1CNCC2C. The molecule has 1 N–H and O–H groups in total. The van der Waals surface area contributed by atoms with Crippen molar-refractivity contribution in [2.75, 3.05) is 13.2 Å². The normalized spacial score (nSPS) is 16.2. The summed E-state index contributed by atoms with van der Waals surface area (Å²) in [4.78, 5) is 22.8. The van der Waals surface area contributed by atoms with Gasteiger partial charge in [-0.15, -0.1) is 0 Å². The average Bonchev–Trinajstić information content (AvgIpc) is 2.96. The summed E-state index contributed by atoms with van der Waals surface area (Å²) >= 11 is 0. The lowest BCUT2D eigenvalue weighted by atomic mass is 9.97. The number of halogens is 1. The van der Waals surface area contributed by atoms with Crippen LogP contribution in [0.2, 0.25) is 0 Å². The molecule has 1 aromatic carbocycles. The van der Waals surface area contributed by atoms with E-state index in [2.05, 4.69) is 10.4 Å². The fourth-order valence-electron chi connectivity index (χ4n) is 3.23. The number of aromatic nitrogens is 2. The fraction of sp³-hybridized carbons (Fsp3) is 0.412. The number of nitrogens with one attached hydrogen (secondary N) is 1. The van der Waals surface area contributed by atoms with E-state index in [9.17, 15) is 19.3 Å². The zero-order valence-electron chi connectivity index (χ0n) is 14.5. The highest BCUT2D eigenvalue weighted by Gasteiger charge is 2.30. The zero-order valence-corrected chi connectivity index (χ0v) is 14.5. The van der Waals surface area contributed by atoms with E-state index in [1.165, 1.54) is 12.1 Å². The van der Waals surface area contributed by atoms with Crippen molar-refractivity contribution in [1.29, 1.82) is 0 Å². The van der Waals surface area contributed by atoms with Crippen molar-refractivity contribution in [3.8, 4) is 0 Å². The Labute approximate surface area is 149 Å². The third kappa shape index (κ3) is 3.30. The number of nitrogens with zero attached hydrogens (tertiary/aromatic N) is 3. The van der Waals surface area contributed by atoms with E-state index in [4.69, 9.17) is 4.74 Å². The predicted octanol–water partition coefficient (Wildman–Crippen LogP) is 2.36. The van der Waals surface area contributed by atoms with Crippen LogP contribution in [-0.4, -0.2) is 33.8 Å². The summed E-state index contributed by atoms with van der Waals surface area (Å²) in [7, 11) is 0. The molecule has 9 heteroatoms. The van der Waals surface area contributed by atoms with Crippen LogP contribution in [0.5, 0.6) is 0 Å². The first-order chi connectivity index (χ1) is 12.4. The van der Waals surface area contributed by atoms with Crippen LogP contribution in [0.4, 0.5) is 10.1 Å². The molecule has 1 aliphatic heterocycles.